The molecule has 0 aliphatic carbocycles. The smallest absolute Gasteiger partial charge is 0.138 e. The van der Waals surface area contributed by atoms with Crippen LogP contribution in [-0.4, -0.2) is 10.2 Å². The number of nitriles is 1. The summed E-state index contributed by atoms with van der Waals surface area (Å²) in [5.74, 6) is 0. The van der Waals surface area contributed by atoms with Crippen LogP contribution in [0.2, 0.25) is 0 Å². The number of nitrogens with zero attached hydrogens (tertiary/aromatic N) is 2. The Morgan fingerprint density at radius 2 is 2.38 bits per heavy atom. The van der Waals surface area contributed by atoms with E-state index in [1.807, 2.05) is 11.5 Å². The molecule has 1 heterocycles. The lowest BCUT2D eigenvalue weighted by Gasteiger charge is -2.00. The Hall–Kier alpha value is -1.67. The molecule has 0 saturated carbocycles. The van der Waals surface area contributed by atoms with Crippen LogP contribution in [0, 0.1) is 10.7 Å². The fourth-order valence-corrected chi connectivity index (χ4v) is 1.72. The number of rotatable bonds is 1. The van der Waals surface area contributed by atoms with Gasteiger partial charge in [-0.2, -0.15) is 10.4 Å². The highest BCUT2D eigenvalue weighted by Gasteiger charge is 2.06. The molecule has 0 amide bonds. The molecule has 0 unspecified atom stereocenters. The number of aromatic nitrogens is 2. The molecule has 0 saturated heterocycles. The highest BCUT2D eigenvalue weighted by molar-refractivity contribution is 8.04. The summed E-state index contributed by atoms with van der Waals surface area (Å²) in [5.41, 5.74) is 7.23. The third-order valence-corrected chi connectivity index (χ3v) is 2.50. The number of aromatic amines is 1. The summed E-state index contributed by atoms with van der Waals surface area (Å²) in [6.45, 7) is 0. The van der Waals surface area contributed by atoms with Crippen LogP contribution in [0.25, 0.3) is 10.9 Å². The minimum absolute atomic E-state index is 0.612. The molecule has 0 aliphatic rings. The summed E-state index contributed by atoms with van der Waals surface area (Å²) in [6, 6.07) is 3.61. The fourth-order valence-electron chi connectivity index (χ4n) is 1.17. The SMILES string of the molecule is N#CSc1c(N)ccc2[nH]ncc12. The minimum atomic E-state index is 0.612. The van der Waals surface area contributed by atoms with Crippen molar-refractivity contribution in [3.8, 4) is 5.40 Å². The summed E-state index contributed by atoms with van der Waals surface area (Å²) in [4.78, 5) is 0.772. The molecule has 2 rings (SSSR count). The van der Waals surface area contributed by atoms with E-state index in [-0.39, 0.29) is 0 Å². The molecular formula is C8H6N4S. The number of nitrogen functional groups attached to an aromatic ring is 1. The van der Waals surface area contributed by atoms with Crippen molar-refractivity contribution in [1.29, 1.82) is 5.26 Å². The summed E-state index contributed by atoms with van der Waals surface area (Å²) in [5, 5.41) is 18.2. The van der Waals surface area contributed by atoms with Gasteiger partial charge in [-0.05, 0) is 23.9 Å². The first-order chi connectivity index (χ1) is 6.33. The molecule has 0 spiro atoms. The number of benzene rings is 1. The van der Waals surface area contributed by atoms with Gasteiger partial charge in [0, 0.05) is 11.1 Å². The highest BCUT2D eigenvalue weighted by atomic mass is 32.2. The quantitative estimate of drug-likeness (QED) is 0.407. The Kier molecular flexibility index (Phi) is 1.83. The topological polar surface area (TPSA) is 78.5 Å². The van der Waals surface area contributed by atoms with Gasteiger partial charge in [0.15, 0.2) is 0 Å². The van der Waals surface area contributed by atoms with E-state index in [9.17, 15) is 0 Å². The number of thioether (sulfide) groups is 1. The zero-order valence-electron chi connectivity index (χ0n) is 6.61. The van der Waals surface area contributed by atoms with Gasteiger partial charge in [0.2, 0.25) is 0 Å². The maximum atomic E-state index is 8.57. The lowest BCUT2D eigenvalue weighted by atomic mass is 10.2. The standard InChI is InChI=1S/C8H6N4S/c9-4-13-8-5-3-11-12-7(5)2-1-6(8)10/h1-3H,10H2,(H,11,12). The van der Waals surface area contributed by atoms with E-state index in [0.29, 0.717) is 5.69 Å². The first-order valence-corrected chi connectivity index (χ1v) is 4.42. The zero-order chi connectivity index (χ0) is 9.26. The van der Waals surface area contributed by atoms with Gasteiger partial charge in [-0.25, -0.2) is 0 Å². The van der Waals surface area contributed by atoms with Gasteiger partial charge in [-0.1, -0.05) is 0 Å². The van der Waals surface area contributed by atoms with Crippen LogP contribution in [0.15, 0.2) is 23.2 Å². The molecule has 4 nitrogen and oxygen atoms in total. The Balaban J connectivity index is 2.74. The first kappa shape index (κ1) is 7.95. The van der Waals surface area contributed by atoms with Crippen molar-refractivity contribution in [3.63, 3.8) is 0 Å². The van der Waals surface area contributed by atoms with Crippen molar-refractivity contribution in [3.05, 3.63) is 18.3 Å². The van der Waals surface area contributed by atoms with Crippen molar-refractivity contribution in [2.45, 2.75) is 4.90 Å². The third-order valence-electron chi connectivity index (χ3n) is 1.75. The lowest BCUT2D eigenvalue weighted by Crippen LogP contribution is -1.87. The molecule has 3 N–H and O–H groups in total. The van der Waals surface area contributed by atoms with Crippen LogP contribution in [-0.2, 0) is 0 Å². The van der Waals surface area contributed by atoms with E-state index in [2.05, 4.69) is 10.2 Å². The van der Waals surface area contributed by atoms with Crippen LogP contribution < -0.4 is 5.73 Å². The number of fused-ring (bicyclic) bond motifs is 1. The Morgan fingerprint density at radius 1 is 1.54 bits per heavy atom. The fraction of sp³-hybridized carbons (Fsp3) is 0. The van der Waals surface area contributed by atoms with E-state index < -0.39 is 0 Å². The summed E-state index contributed by atoms with van der Waals surface area (Å²) < 4.78 is 0. The van der Waals surface area contributed by atoms with Crippen molar-refractivity contribution in [1.82, 2.24) is 10.2 Å². The minimum Gasteiger partial charge on any atom is -0.398 e. The van der Waals surface area contributed by atoms with Gasteiger partial charge >= 0.3 is 0 Å². The second kappa shape index (κ2) is 2.99. The molecule has 64 valence electrons. The molecule has 0 atom stereocenters. The molecule has 1 aromatic heterocycles. The van der Waals surface area contributed by atoms with Gasteiger partial charge < -0.3 is 5.73 Å². The highest BCUT2D eigenvalue weighted by Crippen LogP contribution is 2.31. The number of hydrogen-bond acceptors (Lipinski definition) is 4. The molecule has 0 radical (unpaired) electrons. The molecule has 2 aromatic rings. The number of nitrogens with two attached hydrogens (primary N) is 1. The van der Waals surface area contributed by atoms with Crippen molar-refractivity contribution < 1.29 is 0 Å². The Bertz CT molecular complexity index is 482. The van der Waals surface area contributed by atoms with Gasteiger partial charge in [-0.15, -0.1) is 0 Å². The van der Waals surface area contributed by atoms with E-state index in [4.69, 9.17) is 11.0 Å². The van der Waals surface area contributed by atoms with Gasteiger partial charge in [0.25, 0.3) is 0 Å². The van der Waals surface area contributed by atoms with Crippen LogP contribution in [0.3, 0.4) is 0 Å². The zero-order valence-corrected chi connectivity index (χ0v) is 7.43. The van der Waals surface area contributed by atoms with Gasteiger partial charge in [-0.3, -0.25) is 5.10 Å². The van der Waals surface area contributed by atoms with E-state index in [1.54, 1.807) is 12.3 Å². The summed E-state index contributed by atoms with van der Waals surface area (Å²) in [7, 11) is 0. The van der Waals surface area contributed by atoms with Crippen LogP contribution in [0.5, 0.6) is 0 Å². The van der Waals surface area contributed by atoms with E-state index in [0.717, 1.165) is 27.6 Å². The lowest BCUT2D eigenvalue weighted by molar-refractivity contribution is 1.12. The Morgan fingerprint density at radius 3 is 3.15 bits per heavy atom. The Labute approximate surface area is 78.7 Å². The maximum Gasteiger partial charge on any atom is 0.138 e. The van der Waals surface area contributed by atoms with Crippen molar-refractivity contribution >= 4 is 28.4 Å². The van der Waals surface area contributed by atoms with E-state index in [1.165, 1.54) is 0 Å². The first-order valence-electron chi connectivity index (χ1n) is 3.60. The van der Waals surface area contributed by atoms with Crippen LogP contribution in [0.1, 0.15) is 0 Å². The van der Waals surface area contributed by atoms with Gasteiger partial charge in [0.1, 0.15) is 5.40 Å². The van der Waals surface area contributed by atoms with Crippen molar-refractivity contribution in [2.75, 3.05) is 5.73 Å². The molecule has 0 aliphatic heterocycles. The summed E-state index contributed by atoms with van der Waals surface area (Å²) >= 11 is 1.06. The maximum absolute atomic E-state index is 8.57. The number of thiocyanates is 1. The number of H-pyrrole nitrogens is 1. The van der Waals surface area contributed by atoms with Crippen LogP contribution in [0.4, 0.5) is 5.69 Å². The molecule has 13 heavy (non-hydrogen) atoms. The number of nitrogens with one attached hydrogen (secondary N) is 1. The third kappa shape index (κ3) is 1.21. The monoisotopic (exact) mass is 190 g/mol. The molecule has 0 fully saturated rings. The van der Waals surface area contributed by atoms with Gasteiger partial charge in [0.05, 0.1) is 16.6 Å². The average Bonchev–Trinajstić information content (AvgIpc) is 2.58. The average molecular weight is 190 g/mol. The normalized spacial score (nSPS) is 10.1. The molecular weight excluding hydrogens is 184 g/mol. The number of hydrogen-bond donors (Lipinski definition) is 2. The largest absolute Gasteiger partial charge is 0.398 e. The van der Waals surface area contributed by atoms with E-state index >= 15 is 0 Å². The molecule has 5 heteroatoms. The molecule has 0 bridgehead atoms. The second-order valence-electron chi connectivity index (χ2n) is 2.51. The van der Waals surface area contributed by atoms with Crippen LogP contribution >= 0.6 is 11.8 Å². The number of anilines is 1. The molecule has 1 aromatic carbocycles. The van der Waals surface area contributed by atoms with Crippen molar-refractivity contribution in [2.24, 2.45) is 0 Å². The second-order valence-corrected chi connectivity index (χ2v) is 3.30. The predicted octanol–water partition coefficient (Wildman–Crippen LogP) is 1.72. The predicted molar refractivity (Wildman–Crippen MR) is 52.0 cm³/mol. The summed E-state index contributed by atoms with van der Waals surface area (Å²) in [6.07, 6.45) is 1.67.